The van der Waals surface area contributed by atoms with Gasteiger partial charge in [0.15, 0.2) is 17.3 Å². The first-order valence-corrected chi connectivity index (χ1v) is 9.87. The average Bonchev–Trinajstić information content (AvgIpc) is 3.28. The zero-order valence-electron chi connectivity index (χ0n) is 17.0. The molecule has 0 spiro atoms. The fourth-order valence-corrected chi connectivity index (χ4v) is 4.03. The number of hydrogen-bond acceptors (Lipinski definition) is 6. The van der Waals surface area contributed by atoms with E-state index < -0.39 is 0 Å². The van der Waals surface area contributed by atoms with Crippen LogP contribution in [-0.4, -0.2) is 42.1 Å². The Morgan fingerprint density at radius 3 is 2.80 bits per heavy atom. The number of carbonyl (C=O) groups excluding carboxylic acids is 1. The van der Waals surface area contributed by atoms with Gasteiger partial charge < -0.3 is 10.1 Å². The summed E-state index contributed by atoms with van der Waals surface area (Å²) in [6.07, 6.45) is 0.334. The van der Waals surface area contributed by atoms with Gasteiger partial charge >= 0.3 is 0 Å². The molecule has 0 radical (unpaired) electrons. The molecule has 4 aromatic rings. The first-order valence-electron chi connectivity index (χ1n) is 9.87. The molecule has 0 bridgehead atoms. The summed E-state index contributed by atoms with van der Waals surface area (Å²) >= 11 is 0. The minimum absolute atomic E-state index is 0.0680. The number of carbonyl (C=O) groups is 1. The van der Waals surface area contributed by atoms with E-state index in [9.17, 15) is 4.79 Å². The molecule has 3 aromatic heterocycles. The molecule has 9 heteroatoms. The maximum absolute atomic E-state index is 12.7. The Kier molecular flexibility index (Phi) is 4.23. The number of fused-ring (bicyclic) bond motifs is 2. The van der Waals surface area contributed by atoms with Crippen molar-refractivity contribution in [2.75, 3.05) is 11.9 Å². The Labute approximate surface area is 172 Å². The van der Waals surface area contributed by atoms with Gasteiger partial charge in [0.2, 0.25) is 5.91 Å². The van der Waals surface area contributed by atoms with Gasteiger partial charge in [-0.1, -0.05) is 18.2 Å². The van der Waals surface area contributed by atoms with Crippen LogP contribution < -0.4 is 10.1 Å². The second-order valence-corrected chi connectivity index (χ2v) is 7.24. The van der Waals surface area contributed by atoms with Gasteiger partial charge in [-0.25, -0.2) is 0 Å². The van der Waals surface area contributed by atoms with Crippen LogP contribution >= 0.6 is 0 Å². The van der Waals surface area contributed by atoms with Crippen LogP contribution in [-0.2, 0) is 4.79 Å². The summed E-state index contributed by atoms with van der Waals surface area (Å²) in [6.45, 7) is 6.30. The van der Waals surface area contributed by atoms with Crippen molar-refractivity contribution in [1.82, 2.24) is 29.6 Å². The topological polar surface area (TPSA) is 99.2 Å². The quantitative estimate of drug-likeness (QED) is 0.563. The van der Waals surface area contributed by atoms with Crippen LogP contribution in [0.25, 0.3) is 11.5 Å². The second kappa shape index (κ2) is 6.94. The number of nitrogens with zero attached hydrogens (tertiary/aromatic N) is 6. The summed E-state index contributed by atoms with van der Waals surface area (Å²) in [5.41, 5.74) is 3.45. The maximum Gasteiger partial charge on any atom is 0.226 e. The lowest BCUT2D eigenvalue weighted by molar-refractivity contribution is -0.116. The first kappa shape index (κ1) is 18.3. The molecule has 0 saturated heterocycles. The Bertz CT molecular complexity index is 1270. The number of hydrogen-bond donors (Lipinski definition) is 1. The molecule has 1 aliphatic heterocycles. The molecule has 0 aliphatic carbocycles. The van der Waals surface area contributed by atoms with Crippen molar-refractivity contribution < 1.29 is 9.53 Å². The van der Waals surface area contributed by atoms with Crippen LogP contribution in [0.15, 0.2) is 36.4 Å². The van der Waals surface area contributed by atoms with Crippen LogP contribution in [0, 0.1) is 13.8 Å². The number of amides is 1. The molecule has 30 heavy (non-hydrogen) atoms. The van der Waals surface area contributed by atoms with Gasteiger partial charge in [0.1, 0.15) is 11.6 Å². The van der Waals surface area contributed by atoms with E-state index in [-0.39, 0.29) is 11.8 Å². The van der Waals surface area contributed by atoms with Gasteiger partial charge in [0.25, 0.3) is 0 Å². The van der Waals surface area contributed by atoms with Crippen molar-refractivity contribution in [3.63, 3.8) is 0 Å². The molecule has 5 rings (SSSR count). The SMILES string of the molecule is CCOc1ccccc1[C@@H]1CC(=O)Nc2c1c(C)nn2-c1ccc2nnc(C)n2n1. The summed E-state index contributed by atoms with van der Waals surface area (Å²) in [5.74, 6) is 2.47. The van der Waals surface area contributed by atoms with Gasteiger partial charge in [0.05, 0.1) is 12.3 Å². The van der Waals surface area contributed by atoms with Crippen LogP contribution in [0.2, 0.25) is 0 Å². The van der Waals surface area contributed by atoms with Crippen LogP contribution in [0.1, 0.15) is 41.9 Å². The molecule has 1 atom stereocenters. The lowest BCUT2D eigenvalue weighted by Crippen LogP contribution is -2.25. The van der Waals surface area contributed by atoms with Crippen molar-refractivity contribution in [1.29, 1.82) is 0 Å². The molecular weight excluding hydrogens is 382 g/mol. The van der Waals surface area contributed by atoms with Gasteiger partial charge in [-0.3, -0.25) is 4.79 Å². The average molecular weight is 403 g/mol. The molecule has 0 saturated carbocycles. The summed E-state index contributed by atoms with van der Waals surface area (Å²) < 4.78 is 9.17. The fraction of sp³-hybridized carbons (Fsp3) is 0.286. The number of anilines is 1. The minimum atomic E-state index is -0.148. The van der Waals surface area contributed by atoms with E-state index in [1.165, 1.54) is 0 Å². The van der Waals surface area contributed by atoms with Crippen molar-refractivity contribution in [3.05, 3.63) is 59.0 Å². The Hall–Kier alpha value is -3.75. The van der Waals surface area contributed by atoms with E-state index in [0.29, 0.717) is 36.1 Å². The Morgan fingerprint density at radius 2 is 1.97 bits per heavy atom. The zero-order chi connectivity index (χ0) is 20.8. The third-order valence-electron chi connectivity index (χ3n) is 5.32. The number of benzene rings is 1. The number of rotatable bonds is 4. The zero-order valence-corrected chi connectivity index (χ0v) is 17.0. The molecule has 0 fully saturated rings. The van der Waals surface area contributed by atoms with Crippen molar-refractivity contribution in [2.45, 2.75) is 33.1 Å². The third kappa shape index (κ3) is 2.81. The fourth-order valence-electron chi connectivity index (χ4n) is 4.03. The smallest absolute Gasteiger partial charge is 0.226 e. The van der Waals surface area contributed by atoms with Crippen LogP contribution in [0.4, 0.5) is 5.82 Å². The summed E-state index contributed by atoms with van der Waals surface area (Å²) in [5, 5.41) is 20.4. The van der Waals surface area contributed by atoms with Crippen molar-refractivity contribution in [2.24, 2.45) is 0 Å². The molecule has 9 nitrogen and oxygen atoms in total. The number of ether oxygens (including phenoxy) is 1. The van der Waals surface area contributed by atoms with E-state index in [4.69, 9.17) is 9.84 Å². The third-order valence-corrected chi connectivity index (χ3v) is 5.32. The molecule has 1 amide bonds. The molecule has 4 heterocycles. The highest BCUT2D eigenvalue weighted by Gasteiger charge is 2.34. The molecule has 1 aromatic carbocycles. The highest BCUT2D eigenvalue weighted by atomic mass is 16.5. The number of nitrogens with one attached hydrogen (secondary N) is 1. The van der Waals surface area contributed by atoms with E-state index in [2.05, 4.69) is 20.6 Å². The summed E-state index contributed by atoms with van der Waals surface area (Å²) in [4.78, 5) is 12.7. The molecule has 1 N–H and O–H groups in total. The van der Waals surface area contributed by atoms with E-state index in [0.717, 1.165) is 22.6 Å². The predicted octanol–water partition coefficient (Wildman–Crippen LogP) is 2.80. The van der Waals surface area contributed by atoms with E-state index >= 15 is 0 Å². The number of aromatic nitrogens is 6. The minimum Gasteiger partial charge on any atom is -0.494 e. The Balaban J connectivity index is 1.67. The van der Waals surface area contributed by atoms with Crippen molar-refractivity contribution in [3.8, 4) is 11.6 Å². The lowest BCUT2D eigenvalue weighted by Gasteiger charge is -2.25. The summed E-state index contributed by atoms with van der Waals surface area (Å²) in [7, 11) is 0. The van der Waals surface area contributed by atoms with Gasteiger partial charge in [-0.2, -0.15) is 14.3 Å². The monoisotopic (exact) mass is 403 g/mol. The molecule has 0 unspecified atom stereocenters. The molecule has 1 aliphatic rings. The first-order chi connectivity index (χ1) is 14.6. The predicted molar refractivity (Wildman–Crippen MR) is 110 cm³/mol. The highest BCUT2D eigenvalue weighted by molar-refractivity contribution is 5.95. The Morgan fingerprint density at radius 1 is 1.13 bits per heavy atom. The number of para-hydroxylation sites is 1. The second-order valence-electron chi connectivity index (χ2n) is 7.24. The number of aryl methyl sites for hydroxylation is 2. The normalized spacial score (nSPS) is 15.8. The lowest BCUT2D eigenvalue weighted by atomic mass is 9.85. The van der Waals surface area contributed by atoms with Crippen LogP contribution in [0.5, 0.6) is 5.75 Å². The standard InChI is InChI=1S/C21H21N7O2/c1-4-30-16-8-6-5-7-14(16)15-11-19(29)22-21-20(15)12(2)25-28(21)18-10-9-17-24-23-13(3)27(17)26-18/h5-10,15H,4,11H2,1-3H3,(H,22,29)/t15-/m0/s1. The van der Waals surface area contributed by atoms with Crippen LogP contribution in [0.3, 0.4) is 0 Å². The largest absolute Gasteiger partial charge is 0.494 e. The van der Waals surface area contributed by atoms with Crippen molar-refractivity contribution >= 4 is 17.4 Å². The van der Waals surface area contributed by atoms with E-state index in [1.807, 2.05) is 57.2 Å². The molecular formula is C21H21N7O2. The highest BCUT2D eigenvalue weighted by Crippen LogP contribution is 2.42. The van der Waals surface area contributed by atoms with Gasteiger partial charge in [0, 0.05) is 23.5 Å². The van der Waals surface area contributed by atoms with Gasteiger partial charge in [-0.05, 0) is 39.0 Å². The molecule has 152 valence electrons. The maximum atomic E-state index is 12.7. The summed E-state index contributed by atoms with van der Waals surface area (Å²) in [6, 6.07) is 11.5. The van der Waals surface area contributed by atoms with E-state index in [1.54, 1.807) is 9.20 Å². The van der Waals surface area contributed by atoms with Gasteiger partial charge in [-0.15, -0.1) is 15.3 Å².